The molecule has 20 nitrogen and oxygen atoms in total. The summed E-state index contributed by atoms with van der Waals surface area (Å²) in [6.45, 7) is 1.97. The van der Waals surface area contributed by atoms with Crippen LogP contribution in [-0.2, 0) is 46.7 Å². The van der Waals surface area contributed by atoms with E-state index in [1.807, 2.05) is 155 Å². The second-order valence-electron chi connectivity index (χ2n) is 25.6. The molecule has 0 radical (unpaired) electrons. The number of fused-ring (bicyclic) bond motifs is 35. The van der Waals surface area contributed by atoms with Gasteiger partial charge in [-0.15, -0.1) is 15.9 Å². The molecule has 20 aromatic heterocycles. The molecule has 0 saturated heterocycles. The minimum atomic E-state index is -2.33. The Morgan fingerprint density at radius 1 is 0.369 bits per heavy atom. The molecule has 0 atom stereocenters. The Balaban J connectivity index is 0.0000000830. The molecule has 490 valence electrons. The van der Waals surface area contributed by atoms with Crippen LogP contribution in [0.4, 0.5) is 0 Å². The van der Waals surface area contributed by atoms with Gasteiger partial charge < -0.3 is 18.0 Å². The van der Waals surface area contributed by atoms with Gasteiger partial charge >= 0.3 is 5.89 Å². The first kappa shape index (κ1) is 55.6. The smallest absolute Gasteiger partial charge is 0.385 e. The lowest BCUT2D eigenvalue weighted by Gasteiger charge is -2.04. The number of thiophene rings is 1. The molecule has 5 aliphatic rings. The average Bonchev–Trinajstić information content (AvgIpc) is 1.57. The molecule has 0 amide bonds. The van der Waals surface area contributed by atoms with Crippen LogP contribution in [0.2, 0.25) is 0 Å². The Labute approximate surface area is 606 Å². The van der Waals surface area contributed by atoms with Crippen molar-refractivity contribution in [3.8, 4) is 59.4 Å². The van der Waals surface area contributed by atoms with E-state index < -0.39 is 6.98 Å². The van der Waals surface area contributed by atoms with E-state index in [4.69, 9.17) is 12.9 Å². The third-order valence-electron chi connectivity index (χ3n) is 20.1. The van der Waals surface area contributed by atoms with Crippen LogP contribution in [0.3, 0.4) is 0 Å². The summed E-state index contributed by atoms with van der Waals surface area (Å²) in [5, 5.41) is 10.7. The molecule has 1 aromatic carbocycles. The molecule has 25 heterocycles. The highest BCUT2D eigenvalue weighted by Gasteiger charge is 2.41. The molecule has 0 spiro atoms. The number of para-hydroxylation sites is 1. The zero-order valence-electron chi connectivity index (χ0n) is 57.2. The van der Waals surface area contributed by atoms with E-state index in [0.717, 1.165) is 69.6 Å². The molecular formula is C78H51N18O2S5+5. The lowest BCUT2D eigenvalue weighted by Crippen LogP contribution is -2.30. The quantitative estimate of drug-likeness (QED) is 0.142. The van der Waals surface area contributed by atoms with E-state index in [-0.39, 0.29) is 0 Å². The zero-order chi connectivity index (χ0) is 70.2. The van der Waals surface area contributed by atoms with Crippen LogP contribution in [0.25, 0.3) is 165 Å². The number of hydrogen-bond donors (Lipinski definition) is 0. The summed E-state index contributed by atoms with van der Waals surface area (Å²) < 4.78 is 55.5. The highest BCUT2D eigenvalue weighted by molar-refractivity contribution is 7.42. The van der Waals surface area contributed by atoms with Crippen LogP contribution in [0, 0.1) is 0 Å². The number of benzene rings is 1. The molecule has 0 N–H and O–H groups in total. The largest absolute Gasteiger partial charge is 0.439 e. The lowest BCUT2D eigenvalue weighted by atomic mass is 10.2. The normalized spacial score (nSPS) is 13.5. The topological polar surface area (TPSA) is 189 Å². The highest BCUT2D eigenvalue weighted by Crippen LogP contribution is 2.45. The molecule has 26 rings (SSSR count). The Hall–Kier alpha value is -12.1. The number of rotatable bonds is 1. The predicted octanol–water partition coefficient (Wildman–Crippen LogP) is 14.5. The molecule has 0 unspecified atom stereocenters. The minimum absolute atomic E-state index is 0.345. The monoisotopic (exact) mass is 1430 g/mol. The van der Waals surface area contributed by atoms with Gasteiger partial charge in [-0.1, -0.05) is 29.5 Å². The summed E-state index contributed by atoms with van der Waals surface area (Å²) >= 11 is 9.08. The van der Waals surface area contributed by atoms with E-state index in [1.54, 1.807) is 48.4 Å². The van der Waals surface area contributed by atoms with Crippen molar-refractivity contribution in [2.75, 3.05) is 0 Å². The minimum Gasteiger partial charge on any atom is -0.439 e. The molecule has 0 fully saturated rings. The number of furan rings is 1. The summed E-state index contributed by atoms with van der Waals surface area (Å²) in [6.07, 6.45) is 37.3. The van der Waals surface area contributed by atoms with Gasteiger partial charge in [0, 0.05) is 186 Å². The van der Waals surface area contributed by atoms with Crippen molar-refractivity contribution in [2.24, 2.45) is 14.0 Å². The first-order valence-corrected chi connectivity index (χ1v) is 37.2. The lowest BCUT2D eigenvalue weighted by molar-refractivity contribution is -0.648. The second kappa shape index (κ2) is 22.7. The zero-order valence-corrected chi connectivity index (χ0v) is 58.2. The van der Waals surface area contributed by atoms with E-state index >= 15 is 0 Å². The number of thiazole rings is 4. The van der Waals surface area contributed by atoms with Crippen LogP contribution in [-0.4, -0.2) is 63.5 Å². The van der Waals surface area contributed by atoms with Crippen LogP contribution in [0.1, 0.15) is 31.9 Å². The number of hydrogen-bond acceptors (Lipinski definition) is 17. The molecule has 0 bridgehead atoms. The third-order valence-corrected chi connectivity index (χ3v) is 26.1. The molecule has 0 aliphatic carbocycles. The average molecular weight is 1440 g/mol. The van der Waals surface area contributed by atoms with E-state index in [9.17, 15) is 0 Å². The maximum absolute atomic E-state index is 7.85. The van der Waals surface area contributed by atoms with Gasteiger partial charge in [-0.05, 0) is 101 Å². The van der Waals surface area contributed by atoms with Gasteiger partial charge in [-0.25, -0.2) is 0 Å². The fraction of sp³-hybridized carbons (Fsp3) is 0.0897. The standard InChI is InChI=1S/C20H13N4S.C15H11N4O.C15H11N4S.C14H8N3OS.C14H8N3S2/c1-2-4-14(5-3-1)24-17-7-9-22-11-16(17)18-20(24)25-19-15-10-21-8-6-13(15)12-23(18)19;2*1-18-12-3-5-17-7-11(12)13-15(18)20-14-10-6-16-4-2-9(10)8-19(13)14;2*1-3-15-5-9-8(1)7-17-12-10-6-16-4-2-11(10)18-14(12)19-13(9)17/h1-11H,12H2;2*2-7H,8H2,1H3;2*1-6H,7H2/q5*+1/i;1D3;;;. The number of oxazole rings is 1. The highest BCUT2D eigenvalue weighted by atomic mass is 32.2. The second-order valence-corrected chi connectivity index (χ2v) is 30.8. The van der Waals surface area contributed by atoms with Crippen molar-refractivity contribution in [3.05, 3.63) is 243 Å². The summed E-state index contributed by atoms with van der Waals surface area (Å²) in [6, 6.07) is 30.8. The maximum Gasteiger partial charge on any atom is 0.385 e. The Kier molecular flexibility index (Phi) is 12.3. The molecule has 0 saturated carbocycles. The van der Waals surface area contributed by atoms with Gasteiger partial charge in [0.2, 0.25) is 5.52 Å². The molecule has 5 aliphatic heterocycles. The molecule has 103 heavy (non-hydrogen) atoms. The van der Waals surface area contributed by atoms with Crippen LogP contribution in [0.15, 0.2) is 224 Å². The summed E-state index contributed by atoms with van der Waals surface area (Å²) in [5.74, 6) is 0.641. The van der Waals surface area contributed by atoms with Gasteiger partial charge in [0.15, 0.2) is 46.4 Å². The molecule has 21 aromatic rings. The molecule has 25 heteroatoms. The van der Waals surface area contributed by atoms with Crippen molar-refractivity contribution >= 4 is 162 Å². The van der Waals surface area contributed by atoms with Crippen molar-refractivity contribution in [2.45, 2.75) is 32.7 Å². The fourth-order valence-corrected chi connectivity index (χ4v) is 21.9. The Morgan fingerprint density at radius 3 is 1.44 bits per heavy atom. The van der Waals surface area contributed by atoms with Gasteiger partial charge in [0.1, 0.15) is 16.5 Å². The van der Waals surface area contributed by atoms with Crippen molar-refractivity contribution in [1.29, 1.82) is 0 Å². The Bertz CT molecular complexity index is 7100. The van der Waals surface area contributed by atoms with Crippen LogP contribution in [0.5, 0.6) is 0 Å². The number of nitrogens with zero attached hydrogens (tertiary/aromatic N) is 18. The van der Waals surface area contributed by atoms with Gasteiger partial charge in [-0.3, -0.25) is 54.4 Å². The number of aromatic nitrogens is 18. The SMILES string of the molecule is Cn1c2ccncc2c2c1sc1[n+]2Cc2ccncc2-1.[2H]C([2H])([2H])n1c2ccncc2c2c1oc1[n+]2Cc2ccncc2-1.c1cc2c(cn1)-c1sc3oc4ccncc4c3[n+]1C2.c1cc2c(cn1)-c1sc3sc4ccncc4c3[n+]1C2.c1ccc(-n2c3ccncc3c3c2sc2[n+]3Cc3ccncc3-2)cc1. The van der Waals surface area contributed by atoms with Crippen molar-refractivity contribution in [1.82, 2.24) is 63.5 Å². The predicted molar refractivity (Wildman–Crippen MR) is 400 cm³/mol. The van der Waals surface area contributed by atoms with E-state index in [0.29, 0.717) is 23.7 Å². The first-order valence-electron chi connectivity index (χ1n) is 34.6. The van der Waals surface area contributed by atoms with Gasteiger partial charge in [-0.2, -0.15) is 18.3 Å². The number of pyridine rings is 10. The summed E-state index contributed by atoms with van der Waals surface area (Å²) in [5.41, 5.74) is 23.7. The fourth-order valence-electron chi connectivity index (χ4n) is 15.4. The molecular weight excluding hydrogens is 1380 g/mol. The third kappa shape index (κ3) is 8.73. The van der Waals surface area contributed by atoms with Crippen LogP contribution >= 0.6 is 56.7 Å². The van der Waals surface area contributed by atoms with Gasteiger partial charge in [0.05, 0.1) is 60.3 Å². The van der Waals surface area contributed by atoms with E-state index in [1.165, 1.54) is 137 Å². The summed E-state index contributed by atoms with van der Waals surface area (Å²) in [4.78, 5) is 46.1. The van der Waals surface area contributed by atoms with Crippen LogP contribution < -0.4 is 22.8 Å². The van der Waals surface area contributed by atoms with Gasteiger partial charge in [0.25, 0.3) is 52.7 Å². The first-order chi connectivity index (χ1) is 52.1. The summed E-state index contributed by atoms with van der Waals surface area (Å²) in [7, 11) is 2.13. The number of aryl methyl sites for hydroxylation is 2. The van der Waals surface area contributed by atoms with Crippen molar-refractivity contribution in [3.63, 3.8) is 0 Å². The van der Waals surface area contributed by atoms with E-state index in [2.05, 4.69) is 157 Å². The maximum atomic E-state index is 7.85. The Morgan fingerprint density at radius 2 is 0.816 bits per heavy atom. The van der Waals surface area contributed by atoms with Crippen molar-refractivity contribution < 1.29 is 35.8 Å².